The predicted octanol–water partition coefficient (Wildman–Crippen LogP) is 2.04. The molecule has 1 heterocycles. The van der Waals surface area contributed by atoms with Crippen molar-refractivity contribution < 1.29 is 18.6 Å². The summed E-state index contributed by atoms with van der Waals surface area (Å²) in [6, 6.07) is 6.14. The summed E-state index contributed by atoms with van der Waals surface area (Å²) in [5.74, 6) is -1.69. The van der Waals surface area contributed by atoms with Crippen molar-refractivity contribution in [3.05, 3.63) is 47.7 Å². The van der Waals surface area contributed by atoms with Gasteiger partial charge in [-0.15, -0.1) is 10.2 Å². The molecule has 0 aliphatic rings. The second kappa shape index (κ2) is 4.84. The molecule has 0 unspecified atom stereocenters. The van der Waals surface area contributed by atoms with E-state index in [2.05, 4.69) is 10.2 Å². The van der Waals surface area contributed by atoms with Crippen LogP contribution in [0.5, 0.6) is 11.6 Å². The van der Waals surface area contributed by atoms with Gasteiger partial charge in [0.1, 0.15) is 5.75 Å². The average Bonchev–Trinajstić information content (AvgIpc) is 2.35. The van der Waals surface area contributed by atoms with Gasteiger partial charge in [-0.2, -0.15) is 0 Å². The first-order valence-corrected chi connectivity index (χ1v) is 4.75. The lowest BCUT2D eigenvalue weighted by Crippen LogP contribution is -1.95. The van der Waals surface area contributed by atoms with Crippen LogP contribution in [-0.4, -0.2) is 15.3 Å². The Bertz CT molecular complexity index is 517. The average molecular weight is 238 g/mol. The molecule has 0 aliphatic heterocycles. The van der Waals surface area contributed by atoms with E-state index >= 15 is 0 Å². The molecule has 0 radical (unpaired) electrons. The molecular weight excluding hydrogens is 230 g/mol. The van der Waals surface area contributed by atoms with Crippen molar-refractivity contribution in [1.82, 2.24) is 10.2 Å². The van der Waals surface area contributed by atoms with Gasteiger partial charge < -0.3 is 9.84 Å². The molecule has 0 spiro atoms. The summed E-state index contributed by atoms with van der Waals surface area (Å²) in [6.07, 6.45) is 0. The maximum atomic E-state index is 12.9. The number of hydrogen-bond acceptors (Lipinski definition) is 4. The topological polar surface area (TPSA) is 55.2 Å². The van der Waals surface area contributed by atoms with E-state index in [1.54, 1.807) is 0 Å². The van der Waals surface area contributed by atoms with E-state index in [1.807, 2.05) is 0 Å². The number of aliphatic hydroxyl groups is 1. The highest BCUT2D eigenvalue weighted by molar-refractivity contribution is 5.27. The highest BCUT2D eigenvalue weighted by Gasteiger charge is 2.05. The molecule has 2 aromatic rings. The fourth-order valence-corrected chi connectivity index (χ4v) is 1.15. The first kappa shape index (κ1) is 11.4. The van der Waals surface area contributed by atoms with Gasteiger partial charge in [0.15, 0.2) is 11.6 Å². The molecule has 0 atom stereocenters. The normalized spacial score (nSPS) is 10.3. The highest BCUT2D eigenvalue weighted by atomic mass is 19.2. The van der Waals surface area contributed by atoms with Crippen LogP contribution in [0.25, 0.3) is 0 Å². The molecule has 1 N–H and O–H groups in total. The zero-order valence-electron chi connectivity index (χ0n) is 8.60. The van der Waals surface area contributed by atoms with Gasteiger partial charge in [0.25, 0.3) is 0 Å². The van der Waals surface area contributed by atoms with Crippen LogP contribution in [0.15, 0.2) is 30.3 Å². The van der Waals surface area contributed by atoms with Crippen LogP contribution >= 0.6 is 0 Å². The number of benzene rings is 1. The summed E-state index contributed by atoms with van der Waals surface area (Å²) in [5.41, 5.74) is 0.391. The molecule has 0 amide bonds. The fraction of sp³-hybridized carbons (Fsp3) is 0.0909. The zero-order valence-corrected chi connectivity index (χ0v) is 8.60. The molecule has 2 rings (SSSR count). The van der Waals surface area contributed by atoms with E-state index in [1.165, 1.54) is 18.2 Å². The van der Waals surface area contributed by atoms with Gasteiger partial charge in [-0.1, -0.05) is 0 Å². The Labute approximate surface area is 95.5 Å². The number of aliphatic hydroxyl groups excluding tert-OH is 1. The highest BCUT2D eigenvalue weighted by Crippen LogP contribution is 2.20. The Morgan fingerprint density at radius 1 is 1.06 bits per heavy atom. The minimum atomic E-state index is -0.998. The molecule has 17 heavy (non-hydrogen) atoms. The van der Waals surface area contributed by atoms with Crippen LogP contribution in [-0.2, 0) is 6.61 Å². The molecular formula is C11H8F2N2O2. The van der Waals surface area contributed by atoms with Crippen LogP contribution in [0.2, 0.25) is 0 Å². The standard InChI is InChI=1S/C11H8F2N2O2/c12-9-3-2-8(5-10(9)13)17-11-4-1-7(6-16)14-15-11/h1-5,16H,6H2. The van der Waals surface area contributed by atoms with E-state index in [9.17, 15) is 8.78 Å². The molecule has 0 fully saturated rings. The van der Waals surface area contributed by atoms with Gasteiger partial charge >= 0.3 is 0 Å². The van der Waals surface area contributed by atoms with Gasteiger partial charge in [-0.25, -0.2) is 8.78 Å². The second-order valence-corrected chi connectivity index (χ2v) is 3.20. The first-order chi connectivity index (χ1) is 8.19. The van der Waals surface area contributed by atoms with Crippen molar-refractivity contribution in [2.45, 2.75) is 6.61 Å². The maximum Gasteiger partial charge on any atom is 0.238 e. The molecule has 1 aromatic carbocycles. The van der Waals surface area contributed by atoms with E-state index in [4.69, 9.17) is 9.84 Å². The Morgan fingerprint density at radius 2 is 1.88 bits per heavy atom. The lowest BCUT2D eigenvalue weighted by molar-refractivity contribution is 0.274. The van der Waals surface area contributed by atoms with Gasteiger partial charge in [-0.3, -0.25) is 0 Å². The van der Waals surface area contributed by atoms with E-state index in [-0.39, 0.29) is 18.2 Å². The van der Waals surface area contributed by atoms with E-state index in [0.29, 0.717) is 5.69 Å². The molecule has 0 aliphatic carbocycles. The minimum Gasteiger partial charge on any atom is -0.437 e. The molecule has 0 saturated heterocycles. The monoisotopic (exact) mass is 238 g/mol. The minimum absolute atomic E-state index is 0.120. The third kappa shape index (κ3) is 2.73. The summed E-state index contributed by atoms with van der Waals surface area (Å²) < 4.78 is 30.7. The smallest absolute Gasteiger partial charge is 0.238 e. The molecule has 0 saturated carbocycles. The molecule has 0 bridgehead atoms. The van der Waals surface area contributed by atoms with Crippen molar-refractivity contribution in [3.63, 3.8) is 0 Å². The molecule has 1 aromatic heterocycles. The van der Waals surface area contributed by atoms with Crippen LogP contribution in [0.4, 0.5) is 8.78 Å². The SMILES string of the molecule is OCc1ccc(Oc2ccc(F)c(F)c2)nn1. The van der Waals surface area contributed by atoms with Gasteiger partial charge in [0.2, 0.25) is 5.88 Å². The summed E-state index contributed by atoms with van der Waals surface area (Å²) in [7, 11) is 0. The zero-order chi connectivity index (χ0) is 12.3. The van der Waals surface area contributed by atoms with Crippen molar-refractivity contribution in [1.29, 1.82) is 0 Å². The number of nitrogens with zero attached hydrogens (tertiary/aromatic N) is 2. The van der Waals surface area contributed by atoms with Crippen molar-refractivity contribution in [2.24, 2.45) is 0 Å². The Balaban J connectivity index is 2.16. The van der Waals surface area contributed by atoms with Crippen molar-refractivity contribution in [3.8, 4) is 11.6 Å². The number of hydrogen-bond donors (Lipinski definition) is 1. The van der Waals surface area contributed by atoms with Crippen molar-refractivity contribution in [2.75, 3.05) is 0 Å². The van der Waals surface area contributed by atoms with E-state index in [0.717, 1.165) is 12.1 Å². The van der Waals surface area contributed by atoms with Crippen LogP contribution in [0, 0.1) is 11.6 Å². The number of aromatic nitrogens is 2. The maximum absolute atomic E-state index is 12.9. The summed E-state index contributed by atoms with van der Waals surface area (Å²) in [5, 5.41) is 16.0. The second-order valence-electron chi connectivity index (χ2n) is 3.20. The van der Waals surface area contributed by atoms with Crippen LogP contribution in [0.1, 0.15) is 5.69 Å². The van der Waals surface area contributed by atoms with E-state index < -0.39 is 11.6 Å². The fourth-order valence-electron chi connectivity index (χ4n) is 1.15. The van der Waals surface area contributed by atoms with Gasteiger partial charge in [0.05, 0.1) is 12.3 Å². The van der Waals surface area contributed by atoms with Gasteiger partial charge in [0, 0.05) is 12.1 Å². The Hall–Kier alpha value is -2.08. The summed E-state index contributed by atoms with van der Waals surface area (Å²) in [4.78, 5) is 0. The third-order valence-corrected chi connectivity index (χ3v) is 1.97. The molecule has 6 heteroatoms. The Kier molecular flexibility index (Phi) is 3.24. The van der Waals surface area contributed by atoms with Crippen molar-refractivity contribution >= 4 is 0 Å². The van der Waals surface area contributed by atoms with Gasteiger partial charge in [-0.05, 0) is 18.2 Å². The lowest BCUT2D eigenvalue weighted by atomic mass is 10.3. The predicted molar refractivity (Wildman–Crippen MR) is 54.4 cm³/mol. The third-order valence-electron chi connectivity index (χ3n) is 1.97. The van der Waals surface area contributed by atoms with Crippen LogP contribution < -0.4 is 4.74 Å². The summed E-state index contributed by atoms with van der Waals surface area (Å²) in [6.45, 7) is -0.224. The first-order valence-electron chi connectivity index (χ1n) is 4.75. The van der Waals surface area contributed by atoms with Crippen LogP contribution in [0.3, 0.4) is 0 Å². The lowest BCUT2D eigenvalue weighted by Gasteiger charge is -2.04. The summed E-state index contributed by atoms with van der Waals surface area (Å²) >= 11 is 0. The molecule has 4 nitrogen and oxygen atoms in total. The number of rotatable bonds is 3. The quantitative estimate of drug-likeness (QED) is 0.889. The number of ether oxygens (including phenoxy) is 1. The Morgan fingerprint density at radius 3 is 2.47 bits per heavy atom. The largest absolute Gasteiger partial charge is 0.437 e. The molecule has 88 valence electrons. The number of halogens is 2.